The summed E-state index contributed by atoms with van der Waals surface area (Å²) in [6.07, 6.45) is 3.71. The van der Waals surface area contributed by atoms with E-state index < -0.39 is 0 Å². The van der Waals surface area contributed by atoms with Gasteiger partial charge in [0.05, 0.1) is 0 Å². The van der Waals surface area contributed by atoms with Crippen LogP contribution in [0.5, 0.6) is 0 Å². The Hall–Kier alpha value is 0.440. The van der Waals surface area contributed by atoms with Crippen LogP contribution in [-0.2, 0) is 0 Å². The Morgan fingerprint density at radius 2 is 1.40 bits per heavy atom. The molecule has 2 atom stereocenters. The molecule has 0 N–H and O–H groups in total. The van der Waals surface area contributed by atoms with Gasteiger partial charge in [-0.3, -0.25) is 0 Å². The fourth-order valence-electron chi connectivity index (χ4n) is 1.86. The summed E-state index contributed by atoms with van der Waals surface area (Å²) in [5.41, 5.74) is 1.57. The summed E-state index contributed by atoms with van der Waals surface area (Å²) in [7, 11) is 0. The largest absolute Gasteiger partial charge is 0.111 e. The van der Waals surface area contributed by atoms with Crippen molar-refractivity contribution in [1.29, 1.82) is 0 Å². The monoisotopic (exact) mass is 244 g/mol. The zero-order valence-corrected chi connectivity index (χ0v) is 12.6. The highest BCUT2D eigenvalue weighted by molar-refractivity contribution is 8.26. The standard InChI is InChI=1S/C13H24S2/c1-7-10(4)11-14-12(5,8-2)13(6,9-3)15-11/h7-9H2,1-6H3. The minimum Gasteiger partial charge on any atom is -0.111 e. The molecule has 0 amide bonds. The van der Waals surface area contributed by atoms with Gasteiger partial charge in [-0.25, -0.2) is 0 Å². The summed E-state index contributed by atoms with van der Waals surface area (Å²) in [4.78, 5) is 0. The maximum atomic E-state index is 2.43. The van der Waals surface area contributed by atoms with Gasteiger partial charge in [0.25, 0.3) is 0 Å². The predicted molar refractivity (Wildman–Crippen MR) is 75.6 cm³/mol. The molecule has 0 bridgehead atoms. The summed E-state index contributed by atoms with van der Waals surface area (Å²) >= 11 is 4.24. The van der Waals surface area contributed by atoms with Gasteiger partial charge in [0, 0.05) is 13.7 Å². The number of allylic oxidation sites excluding steroid dienone is 1. The molecule has 1 aliphatic heterocycles. The van der Waals surface area contributed by atoms with Gasteiger partial charge in [-0.1, -0.05) is 26.3 Å². The zero-order valence-electron chi connectivity index (χ0n) is 10.9. The van der Waals surface area contributed by atoms with Crippen molar-refractivity contribution in [3.63, 3.8) is 0 Å². The lowest BCUT2D eigenvalue weighted by Gasteiger charge is -2.37. The first-order chi connectivity index (χ1) is 6.92. The Morgan fingerprint density at radius 1 is 1.00 bits per heavy atom. The van der Waals surface area contributed by atoms with Gasteiger partial charge < -0.3 is 0 Å². The van der Waals surface area contributed by atoms with Crippen LogP contribution in [0.4, 0.5) is 0 Å². The van der Waals surface area contributed by atoms with Crippen molar-refractivity contribution in [2.24, 2.45) is 0 Å². The van der Waals surface area contributed by atoms with Gasteiger partial charge in [0.1, 0.15) is 0 Å². The highest BCUT2D eigenvalue weighted by atomic mass is 32.2. The fourth-order valence-corrected chi connectivity index (χ4v) is 5.84. The second-order valence-corrected chi connectivity index (χ2v) is 8.08. The average molecular weight is 244 g/mol. The first-order valence-electron chi connectivity index (χ1n) is 6.00. The molecule has 1 rings (SSSR count). The first kappa shape index (κ1) is 13.5. The van der Waals surface area contributed by atoms with E-state index in [9.17, 15) is 0 Å². The molecular weight excluding hydrogens is 220 g/mol. The Kier molecular flexibility index (Phi) is 4.27. The van der Waals surface area contributed by atoms with Gasteiger partial charge in [0.2, 0.25) is 0 Å². The van der Waals surface area contributed by atoms with E-state index in [2.05, 4.69) is 65.1 Å². The Morgan fingerprint density at radius 3 is 1.67 bits per heavy atom. The van der Waals surface area contributed by atoms with Gasteiger partial charge in [-0.15, -0.1) is 23.5 Å². The van der Waals surface area contributed by atoms with Crippen molar-refractivity contribution in [1.82, 2.24) is 0 Å². The Labute approximate surface area is 104 Å². The molecule has 0 aromatic carbocycles. The van der Waals surface area contributed by atoms with E-state index in [0.717, 1.165) is 0 Å². The van der Waals surface area contributed by atoms with E-state index in [1.54, 1.807) is 9.81 Å². The van der Waals surface area contributed by atoms with Crippen molar-refractivity contribution in [3.8, 4) is 0 Å². The maximum Gasteiger partial charge on any atom is 0.0401 e. The normalized spacial score (nSPS) is 36.0. The molecule has 1 fully saturated rings. The van der Waals surface area contributed by atoms with Crippen molar-refractivity contribution < 1.29 is 0 Å². The van der Waals surface area contributed by atoms with Crippen LogP contribution < -0.4 is 0 Å². The second-order valence-electron chi connectivity index (χ2n) is 4.79. The van der Waals surface area contributed by atoms with Gasteiger partial charge in [-0.2, -0.15) is 0 Å². The summed E-state index contributed by atoms with van der Waals surface area (Å²) in [6.45, 7) is 14.1. The molecular formula is C13H24S2. The average Bonchev–Trinajstić information content (AvgIpc) is 2.52. The molecule has 88 valence electrons. The van der Waals surface area contributed by atoms with Crippen LogP contribution >= 0.6 is 23.5 Å². The SMILES string of the molecule is CCC(C)=C1SC(C)(CC)C(C)(CC)S1. The van der Waals surface area contributed by atoms with Crippen molar-refractivity contribution in [2.45, 2.75) is 70.3 Å². The number of hydrogen-bond acceptors (Lipinski definition) is 2. The van der Waals surface area contributed by atoms with Crippen LogP contribution in [0.3, 0.4) is 0 Å². The van der Waals surface area contributed by atoms with Crippen molar-refractivity contribution >= 4 is 23.5 Å². The number of hydrogen-bond donors (Lipinski definition) is 0. The highest BCUT2D eigenvalue weighted by Gasteiger charge is 2.50. The molecule has 0 aromatic heterocycles. The summed E-state index contributed by atoms with van der Waals surface area (Å²) < 4.78 is 2.42. The van der Waals surface area contributed by atoms with E-state index in [1.807, 2.05) is 0 Å². The maximum absolute atomic E-state index is 2.43. The van der Waals surface area contributed by atoms with Crippen molar-refractivity contribution in [2.75, 3.05) is 0 Å². The van der Waals surface area contributed by atoms with Gasteiger partial charge in [-0.05, 0) is 40.0 Å². The lowest BCUT2D eigenvalue weighted by Crippen LogP contribution is -2.39. The third-order valence-corrected chi connectivity index (χ3v) is 8.06. The van der Waals surface area contributed by atoms with Crippen LogP contribution in [-0.4, -0.2) is 9.49 Å². The van der Waals surface area contributed by atoms with E-state index >= 15 is 0 Å². The summed E-state index contributed by atoms with van der Waals surface area (Å²) in [6, 6.07) is 0. The molecule has 1 heterocycles. The molecule has 2 unspecified atom stereocenters. The zero-order chi connectivity index (χ0) is 11.7. The third kappa shape index (κ3) is 2.26. The Bertz CT molecular complexity index is 250. The summed E-state index contributed by atoms with van der Waals surface area (Å²) in [5.74, 6) is 0. The molecule has 1 saturated heterocycles. The molecule has 0 aliphatic carbocycles. The quantitative estimate of drug-likeness (QED) is 0.648. The molecule has 0 aromatic rings. The van der Waals surface area contributed by atoms with E-state index in [4.69, 9.17) is 0 Å². The Balaban J connectivity index is 3.04. The van der Waals surface area contributed by atoms with Crippen LogP contribution in [0.15, 0.2) is 9.81 Å². The van der Waals surface area contributed by atoms with E-state index in [-0.39, 0.29) is 0 Å². The van der Waals surface area contributed by atoms with Crippen LogP contribution in [0.1, 0.15) is 60.8 Å². The molecule has 1 aliphatic rings. The predicted octanol–water partition coefficient (Wildman–Crippen LogP) is 5.45. The number of rotatable bonds is 3. The molecule has 15 heavy (non-hydrogen) atoms. The van der Waals surface area contributed by atoms with E-state index in [0.29, 0.717) is 9.49 Å². The lowest BCUT2D eigenvalue weighted by molar-refractivity contribution is 0.460. The minimum absolute atomic E-state index is 0.415. The smallest absolute Gasteiger partial charge is 0.0401 e. The molecule has 2 heteroatoms. The molecule has 0 radical (unpaired) electrons. The summed E-state index contributed by atoms with van der Waals surface area (Å²) in [5, 5.41) is 0. The van der Waals surface area contributed by atoms with Crippen molar-refractivity contribution in [3.05, 3.63) is 9.81 Å². The molecule has 0 nitrogen and oxygen atoms in total. The first-order valence-corrected chi connectivity index (χ1v) is 7.63. The van der Waals surface area contributed by atoms with Crippen LogP contribution in [0.2, 0.25) is 0 Å². The topological polar surface area (TPSA) is 0 Å². The highest BCUT2D eigenvalue weighted by Crippen LogP contribution is 2.63. The lowest BCUT2D eigenvalue weighted by atomic mass is 9.89. The van der Waals surface area contributed by atoms with Gasteiger partial charge >= 0.3 is 0 Å². The fraction of sp³-hybridized carbons (Fsp3) is 0.846. The van der Waals surface area contributed by atoms with Crippen LogP contribution in [0.25, 0.3) is 0 Å². The molecule has 0 spiro atoms. The second kappa shape index (κ2) is 4.75. The third-order valence-electron chi connectivity index (χ3n) is 3.98. The van der Waals surface area contributed by atoms with Crippen LogP contribution in [0, 0.1) is 0 Å². The van der Waals surface area contributed by atoms with Gasteiger partial charge in [0.15, 0.2) is 0 Å². The molecule has 0 saturated carbocycles. The minimum atomic E-state index is 0.415. The number of thioether (sulfide) groups is 2. The van der Waals surface area contributed by atoms with E-state index in [1.165, 1.54) is 19.3 Å².